The summed E-state index contributed by atoms with van der Waals surface area (Å²) in [5.41, 5.74) is 1.22. The standard InChI is InChI=1S/C10H15NOS/c1-3-9-5-7-10(8-6-9)13(11,12)4-2/h5-8,11H,3-4H2,1-2H3. The quantitative estimate of drug-likeness (QED) is 0.795. The minimum atomic E-state index is -2.52. The summed E-state index contributed by atoms with van der Waals surface area (Å²) in [7, 11) is -2.52. The lowest BCUT2D eigenvalue weighted by atomic mass is 10.2. The molecule has 0 amide bonds. The Hall–Kier alpha value is -0.830. The Morgan fingerprint density at radius 3 is 2.15 bits per heavy atom. The molecular weight excluding hydrogens is 182 g/mol. The van der Waals surface area contributed by atoms with E-state index in [9.17, 15) is 4.21 Å². The van der Waals surface area contributed by atoms with Crippen molar-refractivity contribution in [1.29, 1.82) is 4.78 Å². The summed E-state index contributed by atoms with van der Waals surface area (Å²) in [5, 5.41) is 0. The van der Waals surface area contributed by atoms with Crippen LogP contribution in [0.2, 0.25) is 0 Å². The number of benzene rings is 1. The molecule has 0 aromatic heterocycles. The predicted octanol–water partition coefficient (Wildman–Crippen LogP) is 2.67. The van der Waals surface area contributed by atoms with E-state index in [1.165, 1.54) is 5.56 Å². The van der Waals surface area contributed by atoms with Crippen LogP contribution in [0.3, 0.4) is 0 Å². The van der Waals surface area contributed by atoms with Gasteiger partial charge in [0.15, 0.2) is 0 Å². The van der Waals surface area contributed by atoms with Gasteiger partial charge in [-0.05, 0) is 24.1 Å². The smallest absolute Gasteiger partial charge is 0.0723 e. The van der Waals surface area contributed by atoms with Gasteiger partial charge < -0.3 is 0 Å². The summed E-state index contributed by atoms with van der Waals surface area (Å²) in [5.74, 6) is 0.387. The van der Waals surface area contributed by atoms with E-state index in [-0.39, 0.29) is 0 Å². The minimum absolute atomic E-state index is 0.387. The average molecular weight is 197 g/mol. The van der Waals surface area contributed by atoms with E-state index in [1.54, 1.807) is 19.1 Å². The van der Waals surface area contributed by atoms with Gasteiger partial charge in [-0.3, -0.25) is 0 Å². The molecule has 1 aromatic rings. The Morgan fingerprint density at radius 2 is 1.77 bits per heavy atom. The molecule has 0 fully saturated rings. The lowest BCUT2D eigenvalue weighted by Gasteiger charge is -2.04. The van der Waals surface area contributed by atoms with Gasteiger partial charge in [-0.2, -0.15) is 0 Å². The number of hydrogen-bond acceptors (Lipinski definition) is 2. The van der Waals surface area contributed by atoms with E-state index in [0.29, 0.717) is 10.6 Å². The summed E-state index contributed by atoms with van der Waals surface area (Å²) >= 11 is 0. The van der Waals surface area contributed by atoms with Crippen molar-refractivity contribution < 1.29 is 4.21 Å². The van der Waals surface area contributed by atoms with Crippen LogP contribution < -0.4 is 0 Å². The molecule has 1 aromatic carbocycles. The molecule has 0 aliphatic rings. The van der Waals surface area contributed by atoms with Crippen molar-refractivity contribution >= 4 is 9.73 Å². The van der Waals surface area contributed by atoms with Crippen LogP contribution >= 0.6 is 0 Å². The van der Waals surface area contributed by atoms with Crippen LogP contribution in [0.4, 0.5) is 0 Å². The van der Waals surface area contributed by atoms with Gasteiger partial charge in [0.2, 0.25) is 0 Å². The maximum Gasteiger partial charge on any atom is 0.0723 e. The molecule has 0 radical (unpaired) electrons. The highest BCUT2D eigenvalue weighted by atomic mass is 32.2. The molecule has 1 rings (SSSR count). The molecule has 0 saturated carbocycles. The first-order valence-corrected chi connectivity index (χ1v) is 6.18. The lowest BCUT2D eigenvalue weighted by Crippen LogP contribution is -2.01. The zero-order valence-electron chi connectivity index (χ0n) is 8.04. The molecule has 0 aliphatic heterocycles. The van der Waals surface area contributed by atoms with Gasteiger partial charge in [0.05, 0.1) is 9.73 Å². The van der Waals surface area contributed by atoms with Gasteiger partial charge in [-0.25, -0.2) is 8.99 Å². The molecule has 2 nitrogen and oxygen atoms in total. The normalized spacial score (nSPS) is 15.2. The molecule has 0 saturated heterocycles. The number of hydrogen-bond donors (Lipinski definition) is 1. The largest absolute Gasteiger partial charge is 0.249 e. The van der Waals surface area contributed by atoms with Crippen LogP contribution in [0.1, 0.15) is 19.4 Å². The molecule has 1 unspecified atom stereocenters. The Labute approximate surface area is 80.0 Å². The molecule has 0 aliphatic carbocycles. The van der Waals surface area contributed by atoms with Crippen molar-refractivity contribution in [2.75, 3.05) is 5.75 Å². The van der Waals surface area contributed by atoms with E-state index in [0.717, 1.165) is 6.42 Å². The number of aryl methyl sites for hydroxylation is 1. The molecule has 1 atom stereocenters. The fraction of sp³-hybridized carbons (Fsp3) is 0.400. The van der Waals surface area contributed by atoms with Crippen LogP contribution in [0.5, 0.6) is 0 Å². The second-order valence-corrected chi connectivity index (χ2v) is 5.36. The summed E-state index contributed by atoms with van der Waals surface area (Å²) < 4.78 is 19.2. The fourth-order valence-corrected chi connectivity index (χ4v) is 2.02. The Balaban J connectivity index is 3.06. The number of nitrogens with one attached hydrogen (secondary N) is 1. The summed E-state index contributed by atoms with van der Waals surface area (Å²) in [4.78, 5) is 0.646. The van der Waals surface area contributed by atoms with Gasteiger partial charge in [0.1, 0.15) is 0 Å². The van der Waals surface area contributed by atoms with Crippen molar-refractivity contribution in [2.45, 2.75) is 25.2 Å². The lowest BCUT2D eigenvalue weighted by molar-refractivity contribution is 0.675. The highest BCUT2D eigenvalue weighted by molar-refractivity contribution is 7.92. The first-order valence-electron chi connectivity index (χ1n) is 4.45. The van der Waals surface area contributed by atoms with Crippen molar-refractivity contribution in [2.24, 2.45) is 0 Å². The molecule has 0 heterocycles. The molecule has 0 bridgehead atoms. The van der Waals surface area contributed by atoms with E-state index in [1.807, 2.05) is 12.1 Å². The van der Waals surface area contributed by atoms with Crippen LogP contribution in [0.25, 0.3) is 0 Å². The van der Waals surface area contributed by atoms with Crippen molar-refractivity contribution in [3.8, 4) is 0 Å². The van der Waals surface area contributed by atoms with E-state index in [4.69, 9.17) is 4.78 Å². The van der Waals surface area contributed by atoms with Crippen LogP contribution in [-0.4, -0.2) is 9.96 Å². The maximum atomic E-state index is 11.6. The molecule has 13 heavy (non-hydrogen) atoms. The first kappa shape index (κ1) is 10.3. The highest BCUT2D eigenvalue weighted by Gasteiger charge is 2.05. The first-order chi connectivity index (χ1) is 6.10. The van der Waals surface area contributed by atoms with E-state index >= 15 is 0 Å². The van der Waals surface area contributed by atoms with Crippen LogP contribution in [0, 0.1) is 4.78 Å². The van der Waals surface area contributed by atoms with Gasteiger partial charge in [0, 0.05) is 10.6 Å². The Kier molecular flexibility index (Phi) is 3.09. The second-order valence-electron chi connectivity index (χ2n) is 2.96. The number of rotatable bonds is 3. The Morgan fingerprint density at radius 1 is 1.23 bits per heavy atom. The second kappa shape index (κ2) is 3.92. The molecular formula is C10H15NOS. The Bertz CT molecular complexity index is 364. The molecule has 3 heteroatoms. The molecule has 1 N–H and O–H groups in total. The van der Waals surface area contributed by atoms with Gasteiger partial charge in [-0.15, -0.1) is 0 Å². The fourth-order valence-electron chi connectivity index (χ4n) is 1.11. The average Bonchev–Trinajstić information content (AvgIpc) is 2.18. The predicted molar refractivity (Wildman–Crippen MR) is 55.5 cm³/mol. The van der Waals surface area contributed by atoms with E-state index < -0.39 is 9.73 Å². The SMILES string of the molecule is CCc1ccc(S(=N)(=O)CC)cc1. The van der Waals surface area contributed by atoms with Crippen molar-refractivity contribution in [3.05, 3.63) is 29.8 Å². The zero-order chi connectivity index (χ0) is 9.90. The maximum absolute atomic E-state index is 11.6. The third kappa shape index (κ3) is 2.31. The van der Waals surface area contributed by atoms with Gasteiger partial charge >= 0.3 is 0 Å². The minimum Gasteiger partial charge on any atom is -0.249 e. The van der Waals surface area contributed by atoms with Gasteiger partial charge in [0.25, 0.3) is 0 Å². The zero-order valence-corrected chi connectivity index (χ0v) is 8.86. The summed E-state index contributed by atoms with van der Waals surface area (Å²) in [6.45, 7) is 3.86. The third-order valence-corrected chi connectivity index (χ3v) is 3.97. The highest BCUT2D eigenvalue weighted by Crippen LogP contribution is 2.13. The monoisotopic (exact) mass is 197 g/mol. The van der Waals surface area contributed by atoms with Crippen molar-refractivity contribution in [3.63, 3.8) is 0 Å². The van der Waals surface area contributed by atoms with Crippen LogP contribution in [0.15, 0.2) is 29.2 Å². The molecule has 72 valence electrons. The summed E-state index contributed by atoms with van der Waals surface area (Å²) in [6.07, 6.45) is 0.978. The third-order valence-electron chi connectivity index (χ3n) is 2.12. The summed E-state index contributed by atoms with van der Waals surface area (Å²) in [6, 6.07) is 7.49. The van der Waals surface area contributed by atoms with E-state index in [2.05, 4.69) is 6.92 Å². The van der Waals surface area contributed by atoms with Crippen molar-refractivity contribution in [1.82, 2.24) is 0 Å². The van der Waals surface area contributed by atoms with Crippen LogP contribution in [-0.2, 0) is 16.1 Å². The van der Waals surface area contributed by atoms with Gasteiger partial charge in [-0.1, -0.05) is 26.0 Å². The molecule has 0 spiro atoms. The topological polar surface area (TPSA) is 40.9 Å².